The zero-order chi connectivity index (χ0) is 22.7. The molecule has 0 atom stereocenters. The summed E-state index contributed by atoms with van der Waals surface area (Å²) in [5.41, 5.74) is 9.24. The predicted molar refractivity (Wildman–Crippen MR) is 139 cm³/mol. The van der Waals surface area contributed by atoms with Gasteiger partial charge in [0.05, 0.1) is 11.4 Å². The molecule has 0 aromatic heterocycles. The Morgan fingerprint density at radius 3 is 1.17 bits per heavy atom. The summed E-state index contributed by atoms with van der Waals surface area (Å²) >= 11 is 0. The molecule has 1 heterocycles. The van der Waals surface area contributed by atoms with E-state index >= 15 is 0 Å². The zero-order valence-electron chi connectivity index (χ0n) is 18.8. The second-order valence-electron chi connectivity index (χ2n) is 8.10. The summed E-state index contributed by atoms with van der Waals surface area (Å²) in [6.45, 7) is 0. The molecule has 3 heteroatoms. The van der Waals surface area contributed by atoms with E-state index in [-0.39, 0.29) is 21.1 Å². The molecule has 2 nitrogen and oxygen atoms in total. The SMILES string of the molecule is [Pt+2].[c-]1c2cccc1-c1[c-]c(ccc1)C(c1ccccc1)=Nc1ccccc1N=C2c1ccccc1. The van der Waals surface area contributed by atoms with Crippen LogP contribution in [-0.4, -0.2) is 11.4 Å². The molecule has 0 saturated carbocycles. The Kier molecular flexibility index (Phi) is 6.66. The smallest absolute Gasteiger partial charge is 0.284 e. The number of hydrogen-bond donors (Lipinski definition) is 0. The average molecular weight is 628 g/mol. The van der Waals surface area contributed by atoms with Crippen LogP contribution >= 0.6 is 0 Å². The van der Waals surface area contributed by atoms with Gasteiger partial charge in [-0.15, -0.1) is 35.4 Å². The van der Waals surface area contributed by atoms with E-state index in [0.717, 1.165) is 56.2 Å². The molecule has 168 valence electrons. The van der Waals surface area contributed by atoms with Crippen molar-refractivity contribution in [2.24, 2.45) is 9.98 Å². The van der Waals surface area contributed by atoms with Gasteiger partial charge in [0.15, 0.2) is 0 Å². The Morgan fingerprint density at radius 1 is 0.371 bits per heavy atom. The van der Waals surface area contributed by atoms with Crippen LogP contribution in [0.25, 0.3) is 11.1 Å². The van der Waals surface area contributed by atoms with Crippen LogP contribution in [0.5, 0.6) is 0 Å². The molecule has 0 fully saturated rings. The Hall–Kier alpha value is -3.87. The Morgan fingerprint density at radius 2 is 0.743 bits per heavy atom. The molecule has 0 N–H and O–H groups in total. The molecule has 1 aliphatic heterocycles. The molecule has 0 radical (unpaired) electrons. The maximum Gasteiger partial charge on any atom is 2.00 e. The molecule has 0 spiro atoms. The van der Waals surface area contributed by atoms with Gasteiger partial charge in [-0.25, -0.2) is 0 Å². The molecule has 4 bridgehead atoms. The minimum Gasteiger partial charge on any atom is -0.284 e. The molecule has 35 heavy (non-hydrogen) atoms. The third-order valence-electron chi connectivity index (χ3n) is 5.83. The van der Waals surface area contributed by atoms with Crippen molar-refractivity contribution in [2.45, 2.75) is 0 Å². The summed E-state index contributed by atoms with van der Waals surface area (Å²) in [4.78, 5) is 10.3. The van der Waals surface area contributed by atoms with Crippen molar-refractivity contribution in [3.8, 4) is 11.1 Å². The van der Waals surface area contributed by atoms with Crippen LogP contribution in [0, 0.1) is 12.1 Å². The van der Waals surface area contributed by atoms with Crippen LogP contribution in [0.15, 0.2) is 131 Å². The van der Waals surface area contributed by atoms with E-state index in [2.05, 4.69) is 72.8 Å². The molecular formula is C32H20N2Pt. The summed E-state index contributed by atoms with van der Waals surface area (Å²) in [6.07, 6.45) is 0. The number of para-hydroxylation sites is 2. The Bertz CT molecular complexity index is 1420. The van der Waals surface area contributed by atoms with E-state index in [0.29, 0.717) is 0 Å². The van der Waals surface area contributed by atoms with Crippen molar-refractivity contribution < 1.29 is 21.1 Å². The van der Waals surface area contributed by atoms with Crippen molar-refractivity contribution in [2.75, 3.05) is 0 Å². The van der Waals surface area contributed by atoms with Gasteiger partial charge in [0, 0.05) is 11.4 Å². The average Bonchev–Trinajstić information content (AvgIpc) is 2.92. The standard InChI is InChI=1S/C32H20N2.Pt/c1-3-11-23(12-4-1)31-27-17-9-15-25(21-27)26-16-10-18-28(22-26)32(24-13-5-2-6-14-24)34-30-20-8-7-19-29(30)33-31;/h1-20H;/q-2;+2. The largest absolute Gasteiger partial charge is 2.00 e. The first-order valence-corrected chi connectivity index (χ1v) is 11.3. The van der Waals surface area contributed by atoms with E-state index in [1.165, 1.54) is 0 Å². The summed E-state index contributed by atoms with van der Waals surface area (Å²) < 4.78 is 0. The van der Waals surface area contributed by atoms with Crippen LogP contribution in [0.4, 0.5) is 11.4 Å². The van der Waals surface area contributed by atoms with E-state index in [1.54, 1.807) is 0 Å². The maximum absolute atomic E-state index is 5.15. The van der Waals surface area contributed by atoms with Crippen LogP contribution in [0.3, 0.4) is 0 Å². The number of benzene rings is 5. The van der Waals surface area contributed by atoms with Gasteiger partial charge in [-0.3, -0.25) is 9.98 Å². The molecular weight excluding hydrogens is 607 g/mol. The quantitative estimate of drug-likeness (QED) is 0.177. The first-order valence-electron chi connectivity index (χ1n) is 11.3. The normalized spacial score (nSPS) is 12.1. The number of aliphatic imine (C=N–C) groups is 2. The predicted octanol–water partition coefficient (Wildman–Crippen LogP) is 7.60. The zero-order valence-corrected chi connectivity index (χ0v) is 21.0. The Labute approximate surface area is 220 Å². The van der Waals surface area contributed by atoms with Crippen molar-refractivity contribution in [3.05, 3.63) is 156 Å². The number of hydrogen-bond acceptors (Lipinski definition) is 2. The number of fused-ring (bicyclic) bond motifs is 6. The minimum atomic E-state index is 0. The number of nitrogens with zero attached hydrogens (tertiary/aromatic N) is 2. The molecule has 0 saturated heterocycles. The van der Waals surface area contributed by atoms with Crippen molar-refractivity contribution in [1.82, 2.24) is 0 Å². The fourth-order valence-electron chi connectivity index (χ4n) is 4.18. The van der Waals surface area contributed by atoms with Gasteiger partial charge in [-0.1, -0.05) is 72.8 Å². The maximum atomic E-state index is 5.15. The van der Waals surface area contributed by atoms with Crippen molar-refractivity contribution >= 4 is 22.8 Å². The second-order valence-corrected chi connectivity index (χ2v) is 8.10. The first kappa shape index (κ1) is 22.9. The van der Waals surface area contributed by atoms with Gasteiger partial charge >= 0.3 is 21.1 Å². The fraction of sp³-hybridized carbons (Fsp3) is 0. The molecule has 5 aromatic carbocycles. The molecule has 6 rings (SSSR count). The van der Waals surface area contributed by atoms with E-state index in [1.807, 2.05) is 60.7 Å². The molecule has 0 unspecified atom stereocenters. The topological polar surface area (TPSA) is 24.7 Å². The third kappa shape index (κ3) is 4.71. The number of rotatable bonds is 2. The summed E-state index contributed by atoms with van der Waals surface area (Å²) in [5.74, 6) is 0. The monoisotopic (exact) mass is 627 g/mol. The van der Waals surface area contributed by atoms with Gasteiger partial charge in [-0.2, -0.15) is 35.4 Å². The van der Waals surface area contributed by atoms with E-state index in [4.69, 9.17) is 9.98 Å². The van der Waals surface area contributed by atoms with Crippen LogP contribution < -0.4 is 0 Å². The van der Waals surface area contributed by atoms with E-state index in [9.17, 15) is 0 Å². The summed E-state index contributed by atoms with van der Waals surface area (Å²) in [6, 6.07) is 48.1. The molecule has 1 aliphatic rings. The van der Waals surface area contributed by atoms with Crippen LogP contribution in [0.2, 0.25) is 0 Å². The van der Waals surface area contributed by atoms with Crippen LogP contribution in [0.1, 0.15) is 22.3 Å². The van der Waals surface area contributed by atoms with Crippen LogP contribution in [-0.2, 0) is 21.1 Å². The van der Waals surface area contributed by atoms with Gasteiger partial charge in [0.2, 0.25) is 0 Å². The van der Waals surface area contributed by atoms with Crippen molar-refractivity contribution in [1.29, 1.82) is 0 Å². The summed E-state index contributed by atoms with van der Waals surface area (Å²) in [5, 5.41) is 0. The molecule has 0 amide bonds. The van der Waals surface area contributed by atoms with Crippen molar-refractivity contribution in [3.63, 3.8) is 0 Å². The summed E-state index contributed by atoms with van der Waals surface area (Å²) in [7, 11) is 0. The second kappa shape index (κ2) is 10.2. The molecule has 5 aromatic rings. The third-order valence-corrected chi connectivity index (χ3v) is 5.83. The first-order chi connectivity index (χ1) is 16.8. The van der Waals surface area contributed by atoms with Gasteiger partial charge in [0.1, 0.15) is 0 Å². The van der Waals surface area contributed by atoms with Gasteiger partial charge in [-0.05, 0) is 23.3 Å². The van der Waals surface area contributed by atoms with Gasteiger partial charge < -0.3 is 0 Å². The minimum absolute atomic E-state index is 0. The van der Waals surface area contributed by atoms with E-state index < -0.39 is 0 Å². The Balaban J connectivity index is 0.00000253. The molecule has 0 aliphatic carbocycles. The van der Waals surface area contributed by atoms with Gasteiger partial charge in [0.25, 0.3) is 0 Å². The fourth-order valence-corrected chi connectivity index (χ4v) is 4.18.